The van der Waals surface area contributed by atoms with Crippen LogP contribution in [0.2, 0.25) is 20.1 Å². The topological polar surface area (TPSA) is 102 Å². The highest BCUT2D eigenvalue weighted by molar-refractivity contribution is 9.11. The first-order valence-electron chi connectivity index (χ1n) is 16.8. The average Bonchev–Trinajstić information content (AvgIpc) is 3.84. The van der Waals surface area contributed by atoms with Gasteiger partial charge in [-0.1, -0.05) is 131 Å². The molecule has 6 rings (SSSR count). The number of carbonyl (C=O) groups is 2. The van der Waals surface area contributed by atoms with Gasteiger partial charge >= 0.3 is 11.9 Å². The Labute approximate surface area is 356 Å². The summed E-state index contributed by atoms with van der Waals surface area (Å²) in [5, 5.41) is 11.8. The quantitative estimate of drug-likeness (QED) is 0.104. The Morgan fingerprint density at radius 3 is 1.67 bits per heavy atom. The van der Waals surface area contributed by atoms with Crippen molar-refractivity contribution in [3.05, 3.63) is 137 Å². The number of hydrogen-bond acceptors (Lipinski definition) is 10. The van der Waals surface area contributed by atoms with E-state index in [2.05, 4.69) is 36.5 Å². The molecule has 0 saturated heterocycles. The SMILES string of the molecule is COC(=O)C(CNc1nc(-c2ccc(Cl)c(Cl)c2)c(Br)s1)Cc1ccccc1.COC(=O)C(CNc1nc(-c2ccc(Cl)c(Cl)c2)cs1)Cc1ccccc1. The van der Waals surface area contributed by atoms with Gasteiger partial charge < -0.3 is 20.1 Å². The third-order valence-electron chi connectivity index (χ3n) is 8.22. The van der Waals surface area contributed by atoms with Crippen LogP contribution in [0.4, 0.5) is 10.3 Å². The molecule has 2 heterocycles. The number of benzene rings is 4. The van der Waals surface area contributed by atoms with E-state index in [0.717, 1.165) is 42.6 Å². The summed E-state index contributed by atoms with van der Waals surface area (Å²) < 4.78 is 10.8. The molecule has 8 nitrogen and oxygen atoms in total. The number of rotatable bonds is 14. The van der Waals surface area contributed by atoms with E-state index in [1.54, 1.807) is 24.3 Å². The number of nitrogens with one attached hydrogen (secondary N) is 2. The normalized spacial score (nSPS) is 11.8. The van der Waals surface area contributed by atoms with Gasteiger partial charge in [0.2, 0.25) is 0 Å². The van der Waals surface area contributed by atoms with E-state index in [1.165, 1.54) is 36.9 Å². The van der Waals surface area contributed by atoms with Crippen LogP contribution in [0.3, 0.4) is 0 Å². The number of carbonyl (C=O) groups excluding carboxylic acids is 2. The van der Waals surface area contributed by atoms with Crippen molar-refractivity contribution < 1.29 is 19.1 Å². The van der Waals surface area contributed by atoms with Crippen molar-refractivity contribution in [3.63, 3.8) is 0 Å². The monoisotopic (exact) mass is 918 g/mol. The molecule has 0 radical (unpaired) electrons. The molecule has 2 unspecified atom stereocenters. The van der Waals surface area contributed by atoms with E-state index in [9.17, 15) is 9.59 Å². The van der Waals surface area contributed by atoms with Crippen LogP contribution in [-0.2, 0) is 31.9 Å². The molecule has 0 spiro atoms. The number of esters is 2. The van der Waals surface area contributed by atoms with Crippen molar-refractivity contribution in [2.45, 2.75) is 12.8 Å². The maximum absolute atomic E-state index is 12.2. The molecule has 15 heteroatoms. The van der Waals surface area contributed by atoms with Gasteiger partial charge in [-0.25, -0.2) is 9.97 Å². The maximum Gasteiger partial charge on any atom is 0.310 e. The summed E-state index contributed by atoms with van der Waals surface area (Å²) >= 11 is 30.6. The number of methoxy groups -OCH3 is 2. The van der Waals surface area contributed by atoms with Crippen molar-refractivity contribution in [1.29, 1.82) is 0 Å². The second-order valence-electron chi connectivity index (χ2n) is 12.0. The molecular formula is C40H35BrCl4N4O4S2. The second kappa shape index (κ2) is 21.0. The first kappa shape index (κ1) is 42.5. The fraction of sp³-hybridized carbons (Fsp3) is 0.200. The summed E-state index contributed by atoms with van der Waals surface area (Å²) in [7, 11) is 2.81. The van der Waals surface area contributed by atoms with Crippen LogP contribution >= 0.6 is 85.0 Å². The third kappa shape index (κ3) is 12.4. The number of hydrogen-bond donors (Lipinski definition) is 2. The number of nitrogens with zero attached hydrogens (tertiary/aromatic N) is 2. The molecule has 0 aliphatic heterocycles. The first-order chi connectivity index (χ1) is 26.5. The molecular weight excluding hydrogens is 886 g/mol. The fourth-order valence-corrected chi connectivity index (χ4v) is 8.20. The molecule has 2 aromatic heterocycles. The fourth-order valence-electron chi connectivity index (χ4n) is 5.37. The van der Waals surface area contributed by atoms with E-state index in [-0.39, 0.29) is 23.8 Å². The Morgan fingerprint density at radius 1 is 0.673 bits per heavy atom. The summed E-state index contributed by atoms with van der Waals surface area (Å²) in [5.41, 5.74) is 5.49. The van der Waals surface area contributed by atoms with Crippen LogP contribution in [0.25, 0.3) is 22.5 Å². The first-order valence-corrected chi connectivity index (χ1v) is 20.8. The average molecular weight is 922 g/mol. The molecule has 55 heavy (non-hydrogen) atoms. The predicted molar refractivity (Wildman–Crippen MR) is 231 cm³/mol. The van der Waals surface area contributed by atoms with Crippen LogP contribution in [0.5, 0.6) is 0 Å². The summed E-state index contributed by atoms with van der Waals surface area (Å²) in [6.07, 6.45) is 1.19. The minimum absolute atomic E-state index is 0.243. The molecule has 0 aliphatic carbocycles. The number of thiazole rings is 2. The number of ether oxygens (including phenoxy) is 2. The Bertz CT molecular complexity index is 2190. The minimum Gasteiger partial charge on any atom is -0.469 e. The number of anilines is 2. The maximum atomic E-state index is 12.2. The molecule has 0 aliphatic rings. The Kier molecular flexibility index (Phi) is 16.2. The van der Waals surface area contributed by atoms with Gasteiger partial charge in [-0.15, -0.1) is 11.3 Å². The van der Waals surface area contributed by atoms with Gasteiger partial charge in [-0.2, -0.15) is 0 Å². The zero-order valence-electron chi connectivity index (χ0n) is 29.5. The highest BCUT2D eigenvalue weighted by Crippen LogP contribution is 2.38. The Hall–Kier alpha value is -3.68. The van der Waals surface area contributed by atoms with E-state index in [1.807, 2.05) is 78.2 Å². The van der Waals surface area contributed by atoms with E-state index < -0.39 is 0 Å². The van der Waals surface area contributed by atoms with Gasteiger partial charge in [0, 0.05) is 29.6 Å². The van der Waals surface area contributed by atoms with Crippen LogP contribution in [0.15, 0.2) is 106 Å². The van der Waals surface area contributed by atoms with Crippen LogP contribution in [0.1, 0.15) is 11.1 Å². The molecule has 0 saturated carbocycles. The van der Waals surface area contributed by atoms with Gasteiger partial charge in [-0.05, 0) is 64.2 Å². The van der Waals surface area contributed by atoms with Crippen molar-refractivity contribution in [3.8, 4) is 22.5 Å². The smallest absolute Gasteiger partial charge is 0.310 e. The summed E-state index contributed by atoms with van der Waals surface area (Å²) in [4.78, 5) is 33.5. The Balaban J connectivity index is 0.000000211. The minimum atomic E-state index is -0.316. The van der Waals surface area contributed by atoms with Crippen molar-refractivity contribution in [1.82, 2.24) is 9.97 Å². The predicted octanol–water partition coefficient (Wildman–Crippen LogP) is 11.9. The molecule has 6 aromatic rings. The van der Waals surface area contributed by atoms with Crippen molar-refractivity contribution in [2.24, 2.45) is 11.8 Å². The highest BCUT2D eigenvalue weighted by atomic mass is 79.9. The van der Waals surface area contributed by atoms with E-state index >= 15 is 0 Å². The lowest BCUT2D eigenvalue weighted by Gasteiger charge is -2.15. The number of halogens is 5. The third-order valence-corrected chi connectivity index (χ3v) is 12.2. The molecule has 286 valence electrons. The van der Waals surface area contributed by atoms with E-state index in [4.69, 9.17) is 55.9 Å². The standard InChI is InChI=1S/C20H17BrCl2N2O2S.C20H18Cl2N2O2S/c1-27-19(26)14(9-12-5-3-2-4-6-12)11-24-20-25-17(18(21)28-20)13-7-8-15(22)16(23)10-13;1-26-19(25)15(9-13-5-3-2-4-6-13)11-23-20-24-18(12-27-20)14-7-8-16(21)17(22)10-14/h2-8,10,14H,9,11H2,1H3,(H,24,25);2-8,10,12,15H,9,11H2,1H3,(H,23,24). The zero-order valence-corrected chi connectivity index (χ0v) is 35.8. The van der Waals surface area contributed by atoms with Gasteiger partial charge in [0.25, 0.3) is 0 Å². The highest BCUT2D eigenvalue weighted by Gasteiger charge is 2.22. The van der Waals surface area contributed by atoms with Crippen LogP contribution in [0, 0.1) is 11.8 Å². The summed E-state index contributed by atoms with van der Waals surface area (Å²) in [5.74, 6) is -1.11. The molecule has 2 N–H and O–H groups in total. The largest absolute Gasteiger partial charge is 0.469 e. The molecule has 0 amide bonds. The molecule has 4 aromatic carbocycles. The lowest BCUT2D eigenvalue weighted by Crippen LogP contribution is -2.26. The van der Waals surface area contributed by atoms with Crippen molar-refractivity contribution >= 4 is 107 Å². The van der Waals surface area contributed by atoms with Crippen LogP contribution in [-0.4, -0.2) is 49.2 Å². The number of aromatic nitrogens is 2. The van der Waals surface area contributed by atoms with E-state index in [0.29, 0.717) is 51.2 Å². The molecule has 0 bridgehead atoms. The second-order valence-corrected chi connectivity index (χ2v) is 16.8. The van der Waals surface area contributed by atoms with Crippen LogP contribution < -0.4 is 10.6 Å². The lowest BCUT2D eigenvalue weighted by atomic mass is 9.99. The van der Waals surface area contributed by atoms with Gasteiger partial charge in [0.05, 0.1) is 61.3 Å². The van der Waals surface area contributed by atoms with Gasteiger partial charge in [0.1, 0.15) is 0 Å². The molecule has 2 atom stereocenters. The lowest BCUT2D eigenvalue weighted by molar-refractivity contribution is -0.145. The summed E-state index contributed by atoms with van der Waals surface area (Å²) in [6.45, 7) is 0.859. The zero-order chi connectivity index (χ0) is 39.3. The summed E-state index contributed by atoms with van der Waals surface area (Å²) in [6, 6.07) is 30.5. The van der Waals surface area contributed by atoms with Gasteiger partial charge in [-0.3, -0.25) is 9.59 Å². The molecule has 0 fully saturated rings. The Morgan fingerprint density at radius 2 is 1.16 bits per heavy atom. The van der Waals surface area contributed by atoms with Gasteiger partial charge in [0.15, 0.2) is 10.3 Å². The van der Waals surface area contributed by atoms with Crippen molar-refractivity contribution in [2.75, 3.05) is 37.9 Å².